The number of halogens is 1. The van der Waals surface area contributed by atoms with E-state index in [9.17, 15) is 8.42 Å². The zero-order chi connectivity index (χ0) is 13.2. The highest BCUT2D eigenvalue weighted by Crippen LogP contribution is 2.49. The molecule has 0 saturated heterocycles. The SMILES string of the molecule is CS(=O)(=O)c1ccccc1NCC1(CCCl)CC1. The van der Waals surface area contributed by atoms with Gasteiger partial charge in [-0.3, -0.25) is 0 Å². The molecule has 1 aromatic carbocycles. The summed E-state index contributed by atoms with van der Waals surface area (Å²) in [5.41, 5.74) is 0.979. The van der Waals surface area contributed by atoms with Gasteiger partial charge in [0.25, 0.3) is 0 Å². The number of alkyl halides is 1. The molecule has 5 heteroatoms. The number of sulfone groups is 1. The van der Waals surface area contributed by atoms with Gasteiger partial charge in [-0.15, -0.1) is 11.6 Å². The molecule has 0 heterocycles. The molecule has 1 aromatic rings. The fourth-order valence-corrected chi connectivity index (χ4v) is 3.38. The van der Waals surface area contributed by atoms with Crippen LogP contribution in [0.2, 0.25) is 0 Å². The minimum Gasteiger partial charge on any atom is -0.383 e. The summed E-state index contributed by atoms with van der Waals surface area (Å²) in [4.78, 5) is 0.367. The Labute approximate surface area is 113 Å². The Morgan fingerprint density at radius 2 is 2.00 bits per heavy atom. The fraction of sp³-hybridized carbons (Fsp3) is 0.538. The molecule has 100 valence electrons. The molecule has 1 saturated carbocycles. The first-order valence-corrected chi connectivity index (χ1v) is 8.48. The van der Waals surface area contributed by atoms with Crippen molar-refractivity contribution in [3.05, 3.63) is 24.3 Å². The molecular formula is C13H18ClNO2S. The number of rotatable bonds is 6. The van der Waals surface area contributed by atoms with Gasteiger partial charge in [0.15, 0.2) is 9.84 Å². The van der Waals surface area contributed by atoms with Crippen molar-refractivity contribution in [3.63, 3.8) is 0 Å². The molecule has 0 bridgehead atoms. The van der Waals surface area contributed by atoms with Crippen LogP contribution < -0.4 is 5.32 Å². The van der Waals surface area contributed by atoms with Crippen LogP contribution in [0.25, 0.3) is 0 Å². The third-order valence-corrected chi connectivity index (χ3v) is 4.87. The van der Waals surface area contributed by atoms with Crippen molar-refractivity contribution in [2.24, 2.45) is 5.41 Å². The summed E-state index contributed by atoms with van der Waals surface area (Å²) < 4.78 is 23.3. The zero-order valence-corrected chi connectivity index (χ0v) is 12.0. The van der Waals surface area contributed by atoms with Crippen molar-refractivity contribution in [1.82, 2.24) is 0 Å². The summed E-state index contributed by atoms with van der Waals surface area (Å²) in [5, 5.41) is 3.27. The predicted octanol–water partition coefficient (Wildman–Crippen LogP) is 2.91. The molecule has 0 radical (unpaired) electrons. The van der Waals surface area contributed by atoms with E-state index >= 15 is 0 Å². The van der Waals surface area contributed by atoms with Gasteiger partial charge in [-0.05, 0) is 36.8 Å². The van der Waals surface area contributed by atoms with Crippen LogP contribution in [0.5, 0.6) is 0 Å². The van der Waals surface area contributed by atoms with Crippen LogP contribution in [0.1, 0.15) is 19.3 Å². The van der Waals surface area contributed by atoms with Crippen LogP contribution in [0.4, 0.5) is 5.69 Å². The van der Waals surface area contributed by atoms with Crippen molar-refractivity contribution in [1.29, 1.82) is 0 Å². The first-order valence-electron chi connectivity index (χ1n) is 6.06. The molecule has 0 aromatic heterocycles. The molecule has 0 atom stereocenters. The van der Waals surface area contributed by atoms with Crippen LogP contribution in [0.15, 0.2) is 29.2 Å². The van der Waals surface area contributed by atoms with E-state index in [0.29, 0.717) is 16.5 Å². The predicted molar refractivity (Wildman–Crippen MR) is 75.0 cm³/mol. The molecule has 1 N–H and O–H groups in total. The minimum atomic E-state index is -3.18. The molecule has 2 rings (SSSR count). The smallest absolute Gasteiger partial charge is 0.177 e. The summed E-state index contributed by atoms with van der Waals surface area (Å²) in [6.07, 6.45) is 4.57. The Balaban J connectivity index is 2.11. The maximum Gasteiger partial charge on any atom is 0.177 e. The molecule has 0 aliphatic heterocycles. The third kappa shape index (κ3) is 3.18. The Bertz CT molecular complexity index is 524. The zero-order valence-electron chi connectivity index (χ0n) is 10.4. The Hall–Kier alpha value is -0.740. The summed E-state index contributed by atoms with van der Waals surface area (Å²) in [6, 6.07) is 7.04. The van der Waals surface area contributed by atoms with E-state index in [0.717, 1.165) is 13.0 Å². The average molecular weight is 288 g/mol. The van der Waals surface area contributed by atoms with Crippen LogP contribution in [-0.2, 0) is 9.84 Å². The largest absolute Gasteiger partial charge is 0.383 e. The number of anilines is 1. The molecule has 1 aliphatic rings. The van der Waals surface area contributed by atoms with Crippen LogP contribution >= 0.6 is 11.6 Å². The lowest BCUT2D eigenvalue weighted by atomic mass is 10.0. The van der Waals surface area contributed by atoms with E-state index in [4.69, 9.17) is 11.6 Å². The van der Waals surface area contributed by atoms with Crippen LogP contribution in [0, 0.1) is 5.41 Å². The first-order chi connectivity index (χ1) is 8.47. The summed E-state index contributed by atoms with van der Waals surface area (Å²) in [5.74, 6) is 0.662. The van der Waals surface area contributed by atoms with Gasteiger partial charge in [0.2, 0.25) is 0 Å². The molecule has 3 nitrogen and oxygen atoms in total. The van der Waals surface area contributed by atoms with Gasteiger partial charge in [0.1, 0.15) is 0 Å². The number of benzene rings is 1. The lowest BCUT2D eigenvalue weighted by Crippen LogP contribution is -2.17. The fourth-order valence-electron chi connectivity index (χ4n) is 2.11. The molecule has 1 fully saturated rings. The van der Waals surface area contributed by atoms with E-state index in [1.165, 1.54) is 19.1 Å². The molecule has 0 spiro atoms. The van der Waals surface area contributed by atoms with Crippen LogP contribution in [0.3, 0.4) is 0 Å². The number of para-hydroxylation sites is 1. The van der Waals surface area contributed by atoms with Gasteiger partial charge in [0, 0.05) is 18.7 Å². The summed E-state index contributed by atoms with van der Waals surface area (Å²) >= 11 is 5.79. The maximum atomic E-state index is 11.7. The van der Waals surface area contributed by atoms with Crippen molar-refractivity contribution >= 4 is 27.1 Å². The number of nitrogens with one attached hydrogen (secondary N) is 1. The standard InChI is InChI=1S/C13H18ClNO2S/c1-18(16,17)12-5-3-2-4-11(12)15-10-13(6-7-13)8-9-14/h2-5,15H,6-10H2,1H3. The topological polar surface area (TPSA) is 46.2 Å². The van der Waals surface area contributed by atoms with Crippen molar-refractivity contribution < 1.29 is 8.42 Å². The van der Waals surface area contributed by atoms with Crippen molar-refractivity contribution in [2.75, 3.05) is 24.0 Å². The average Bonchev–Trinajstić information content (AvgIpc) is 3.07. The highest BCUT2D eigenvalue weighted by Gasteiger charge is 2.41. The number of hydrogen-bond donors (Lipinski definition) is 1. The van der Waals surface area contributed by atoms with Gasteiger partial charge < -0.3 is 5.32 Å². The lowest BCUT2D eigenvalue weighted by Gasteiger charge is -2.17. The van der Waals surface area contributed by atoms with E-state index in [-0.39, 0.29) is 5.41 Å². The summed E-state index contributed by atoms with van der Waals surface area (Å²) in [7, 11) is -3.18. The first kappa shape index (κ1) is 13.7. The van der Waals surface area contributed by atoms with Gasteiger partial charge in [-0.1, -0.05) is 12.1 Å². The summed E-state index contributed by atoms with van der Waals surface area (Å²) in [6.45, 7) is 0.798. The van der Waals surface area contributed by atoms with Gasteiger partial charge >= 0.3 is 0 Å². The number of hydrogen-bond acceptors (Lipinski definition) is 3. The van der Waals surface area contributed by atoms with E-state index in [1.807, 2.05) is 12.1 Å². The molecule has 0 amide bonds. The minimum absolute atomic E-state index is 0.284. The molecule has 18 heavy (non-hydrogen) atoms. The Morgan fingerprint density at radius 3 is 2.56 bits per heavy atom. The van der Waals surface area contributed by atoms with E-state index in [1.54, 1.807) is 12.1 Å². The van der Waals surface area contributed by atoms with Crippen LogP contribution in [-0.4, -0.2) is 27.1 Å². The van der Waals surface area contributed by atoms with Crippen molar-refractivity contribution in [2.45, 2.75) is 24.2 Å². The Kier molecular flexibility index (Phi) is 3.87. The maximum absolute atomic E-state index is 11.7. The molecule has 0 unspecified atom stereocenters. The van der Waals surface area contributed by atoms with Gasteiger partial charge in [-0.2, -0.15) is 0 Å². The van der Waals surface area contributed by atoms with Crippen molar-refractivity contribution in [3.8, 4) is 0 Å². The molecular weight excluding hydrogens is 270 g/mol. The second-order valence-electron chi connectivity index (χ2n) is 5.06. The second kappa shape index (κ2) is 5.10. The molecule has 1 aliphatic carbocycles. The van der Waals surface area contributed by atoms with Gasteiger partial charge in [-0.25, -0.2) is 8.42 Å². The highest BCUT2D eigenvalue weighted by molar-refractivity contribution is 7.90. The monoisotopic (exact) mass is 287 g/mol. The van der Waals surface area contributed by atoms with E-state index in [2.05, 4.69) is 5.32 Å². The van der Waals surface area contributed by atoms with Gasteiger partial charge in [0.05, 0.1) is 10.6 Å². The second-order valence-corrected chi connectivity index (χ2v) is 7.42. The lowest BCUT2D eigenvalue weighted by molar-refractivity contribution is 0.524. The normalized spacial score (nSPS) is 17.4. The highest BCUT2D eigenvalue weighted by atomic mass is 35.5. The third-order valence-electron chi connectivity index (χ3n) is 3.52. The Morgan fingerprint density at radius 1 is 1.33 bits per heavy atom. The van der Waals surface area contributed by atoms with E-state index < -0.39 is 9.84 Å². The quantitative estimate of drug-likeness (QED) is 0.818.